The maximum absolute atomic E-state index is 13.7. The average molecular weight is 491 g/mol. The predicted molar refractivity (Wildman–Crippen MR) is 135 cm³/mol. The number of amides is 1. The highest BCUT2D eigenvalue weighted by Gasteiger charge is 2.32. The number of nitrogens with zero attached hydrogens (tertiary/aromatic N) is 4. The number of hydrogen-bond donors (Lipinski definition) is 0. The molecule has 0 aliphatic carbocycles. The second-order valence-electron chi connectivity index (χ2n) is 8.70. The first kappa shape index (κ1) is 24.5. The van der Waals surface area contributed by atoms with Crippen molar-refractivity contribution in [2.24, 2.45) is 7.05 Å². The Morgan fingerprint density at radius 3 is 2.63 bits per heavy atom. The number of aryl methyl sites for hydroxylation is 2. The van der Waals surface area contributed by atoms with E-state index in [1.54, 1.807) is 28.6 Å². The Labute approximate surface area is 209 Å². The monoisotopic (exact) mass is 490 g/mol. The van der Waals surface area contributed by atoms with E-state index in [4.69, 9.17) is 16.3 Å². The van der Waals surface area contributed by atoms with E-state index in [1.807, 2.05) is 39.1 Å². The summed E-state index contributed by atoms with van der Waals surface area (Å²) in [6.07, 6.45) is 3.96. The van der Waals surface area contributed by atoms with Gasteiger partial charge >= 0.3 is 0 Å². The summed E-state index contributed by atoms with van der Waals surface area (Å²) in [4.78, 5) is 32.1. The van der Waals surface area contributed by atoms with E-state index >= 15 is 0 Å². The van der Waals surface area contributed by atoms with Crippen molar-refractivity contribution in [3.8, 4) is 22.9 Å². The van der Waals surface area contributed by atoms with Gasteiger partial charge < -0.3 is 14.2 Å². The lowest BCUT2D eigenvalue weighted by molar-refractivity contribution is 0.0669. The molecule has 0 spiro atoms. The third-order valence-electron chi connectivity index (χ3n) is 6.49. The Hall–Kier alpha value is -3.63. The molecule has 0 saturated heterocycles. The molecule has 1 atom stereocenters. The van der Waals surface area contributed by atoms with Crippen molar-refractivity contribution in [1.82, 2.24) is 14.5 Å². The lowest BCUT2D eigenvalue weighted by Gasteiger charge is -2.35. The largest absolute Gasteiger partial charge is 0.492 e. The van der Waals surface area contributed by atoms with Crippen LogP contribution in [0.2, 0.25) is 0 Å². The smallest absolute Gasteiger partial charge is 0.254 e. The Bertz CT molecular complexity index is 1410. The van der Waals surface area contributed by atoms with Crippen LogP contribution in [0.5, 0.6) is 5.75 Å². The lowest BCUT2D eigenvalue weighted by Crippen LogP contribution is -2.40. The minimum absolute atomic E-state index is 0.0777. The first-order valence-corrected chi connectivity index (χ1v) is 12.1. The Kier molecular flexibility index (Phi) is 6.95. The fourth-order valence-corrected chi connectivity index (χ4v) is 4.73. The molecular weight excluding hydrogens is 464 g/mol. The molecule has 1 unspecified atom stereocenters. The molecule has 3 aromatic rings. The maximum atomic E-state index is 13.7. The van der Waals surface area contributed by atoms with E-state index in [1.165, 1.54) is 6.20 Å². The van der Waals surface area contributed by atoms with E-state index in [0.29, 0.717) is 42.1 Å². The van der Waals surface area contributed by atoms with Crippen molar-refractivity contribution < 1.29 is 9.53 Å². The minimum Gasteiger partial charge on any atom is -0.492 e. The third kappa shape index (κ3) is 4.54. The molecule has 1 aliphatic rings. The second-order valence-corrected chi connectivity index (χ2v) is 8.96. The van der Waals surface area contributed by atoms with Crippen molar-refractivity contribution in [1.29, 1.82) is 5.26 Å². The SMILES string of the molecule is CCOc1cc(C(C)N2CCc3c(cc(CCl)cc3-c3cn(C)c(=O)cc3C)C2=O)ncc1C#N. The number of benzene rings is 1. The molecule has 180 valence electrons. The topological polar surface area (TPSA) is 88.2 Å². The molecule has 1 amide bonds. The molecule has 0 saturated carbocycles. The van der Waals surface area contributed by atoms with E-state index in [-0.39, 0.29) is 23.4 Å². The lowest BCUT2D eigenvalue weighted by atomic mass is 9.87. The van der Waals surface area contributed by atoms with Gasteiger partial charge in [-0.25, -0.2) is 0 Å². The van der Waals surface area contributed by atoms with Crippen molar-refractivity contribution in [2.75, 3.05) is 13.2 Å². The molecule has 2 aromatic heterocycles. The Balaban J connectivity index is 1.76. The molecule has 0 fully saturated rings. The van der Waals surface area contributed by atoms with Gasteiger partial charge in [0.2, 0.25) is 0 Å². The fraction of sp³-hybridized carbons (Fsp3) is 0.333. The van der Waals surface area contributed by atoms with Gasteiger partial charge in [-0.3, -0.25) is 14.6 Å². The van der Waals surface area contributed by atoms with E-state index in [2.05, 4.69) is 11.1 Å². The van der Waals surface area contributed by atoms with Crippen molar-refractivity contribution in [3.63, 3.8) is 0 Å². The molecule has 7 nitrogen and oxygen atoms in total. The van der Waals surface area contributed by atoms with Crippen LogP contribution >= 0.6 is 11.6 Å². The van der Waals surface area contributed by atoms with Crippen LogP contribution in [0.15, 0.2) is 41.5 Å². The van der Waals surface area contributed by atoms with Crippen LogP contribution in [0.3, 0.4) is 0 Å². The zero-order valence-electron chi connectivity index (χ0n) is 20.3. The Morgan fingerprint density at radius 2 is 1.94 bits per heavy atom. The number of nitriles is 1. The van der Waals surface area contributed by atoms with Crippen molar-refractivity contribution in [2.45, 2.75) is 39.1 Å². The summed E-state index contributed by atoms with van der Waals surface area (Å²) in [5.74, 6) is 0.634. The number of aromatic nitrogens is 2. The van der Waals surface area contributed by atoms with Gasteiger partial charge in [-0.15, -0.1) is 11.6 Å². The van der Waals surface area contributed by atoms with Gasteiger partial charge in [0, 0.05) is 55.1 Å². The van der Waals surface area contributed by atoms with Crippen molar-refractivity contribution >= 4 is 17.5 Å². The summed E-state index contributed by atoms with van der Waals surface area (Å²) >= 11 is 6.21. The first-order chi connectivity index (χ1) is 16.8. The molecule has 1 aliphatic heterocycles. The average Bonchev–Trinajstić information content (AvgIpc) is 2.86. The van der Waals surface area contributed by atoms with Crippen LogP contribution in [0, 0.1) is 18.3 Å². The van der Waals surface area contributed by atoms with Crippen LogP contribution in [-0.4, -0.2) is 33.5 Å². The second kappa shape index (κ2) is 9.93. The van der Waals surface area contributed by atoms with Gasteiger partial charge in [-0.05, 0) is 61.6 Å². The summed E-state index contributed by atoms with van der Waals surface area (Å²) in [6, 6.07) is 9.01. The van der Waals surface area contributed by atoms with Crippen LogP contribution in [-0.2, 0) is 19.3 Å². The van der Waals surface area contributed by atoms with Crippen LogP contribution in [0.25, 0.3) is 11.1 Å². The quantitative estimate of drug-likeness (QED) is 0.474. The van der Waals surface area contributed by atoms with Gasteiger partial charge in [-0.1, -0.05) is 0 Å². The van der Waals surface area contributed by atoms with Gasteiger partial charge in [0.1, 0.15) is 17.4 Å². The standard InChI is InChI=1S/C27H27ClN4O3/c1-5-35-25-11-24(30-14-19(25)13-29)17(3)32-7-6-20-21(9-18(12-28)10-22(20)27(32)34)23-15-31(4)26(33)8-16(23)2/h8-11,14-15,17H,5-7,12H2,1-4H3. The third-order valence-corrected chi connectivity index (χ3v) is 6.79. The van der Waals surface area contributed by atoms with Gasteiger partial charge in [-0.2, -0.15) is 5.26 Å². The fourth-order valence-electron chi connectivity index (χ4n) is 4.57. The minimum atomic E-state index is -0.315. The number of ether oxygens (including phenoxy) is 1. The molecule has 0 N–H and O–H groups in total. The molecule has 0 radical (unpaired) electrons. The zero-order chi connectivity index (χ0) is 25.3. The summed E-state index contributed by atoms with van der Waals surface area (Å²) in [6.45, 7) is 6.63. The highest BCUT2D eigenvalue weighted by atomic mass is 35.5. The van der Waals surface area contributed by atoms with Crippen LogP contribution in [0.1, 0.15) is 58.2 Å². The van der Waals surface area contributed by atoms with E-state index in [9.17, 15) is 14.9 Å². The normalized spacial score (nSPS) is 13.8. The summed E-state index contributed by atoms with van der Waals surface area (Å²) in [5.41, 5.74) is 6.06. The number of halogens is 1. The number of rotatable bonds is 6. The summed E-state index contributed by atoms with van der Waals surface area (Å²) in [7, 11) is 1.72. The van der Waals surface area contributed by atoms with Gasteiger partial charge in [0.15, 0.2) is 0 Å². The molecule has 4 rings (SSSR count). The first-order valence-electron chi connectivity index (χ1n) is 11.5. The number of carbonyl (C=O) groups excluding carboxylic acids is 1. The van der Waals surface area contributed by atoms with Crippen LogP contribution < -0.4 is 10.3 Å². The maximum Gasteiger partial charge on any atom is 0.254 e. The number of fused-ring (bicyclic) bond motifs is 1. The highest BCUT2D eigenvalue weighted by Crippen LogP contribution is 2.36. The Morgan fingerprint density at radius 1 is 1.20 bits per heavy atom. The summed E-state index contributed by atoms with van der Waals surface area (Å²) < 4.78 is 7.16. The molecule has 8 heteroatoms. The molecule has 1 aromatic carbocycles. The zero-order valence-corrected chi connectivity index (χ0v) is 21.0. The van der Waals surface area contributed by atoms with E-state index in [0.717, 1.165) is 27.8 Å². The number of alkyl halides is 1. The van der Waals surface area contributed by atoms with Gasteiger partial charge in [0.05, 0.1) is 18.3 Å². The number of pyridine rings is 2. The number of carbonyl (C=O) groups is 1. The molecule has 3 heterocycles. The molecule has 35 heavy (non-hydrogen) atoms. The summed E-state index contributed by atoms with van der Waals surface area (Å²) in [5, 5.41) is 9.33. The number of hydrogen-bond acceptors (Lipinski definition) is 5. The highest BCUT2D eigenvalue weighted by molar-refractivity contribution is 6.17. The predicted octanol–water partition coefficient (Wildman–Crippen LogP) is 4.52. The molecule has 0 bridgehead atoms. The van der Waals surface area contributed by atoms with Gasteiger partial charge in [0.25, 0.3) is 11.5 Å². The van der Waals surface area contributed by atoms with Crippen molar-refractivity contribution in [3.05, 3.63) is 80.5 Å². The molecular formula is C27H27ClN4O3. The van der Waals surface area contributed by atoms with Crippen LogP contribution in [0.4, 0.5) is 0 Å². The van der Waals surface area contributed by atoms with E-state index < -0.39 is 0 Å².